The van der Waals surface area contributed by atoms with E-state index in [-0.39, 0.29) is 18.7 Å². The number of nitrogens with zero attached hydrogens (tertiary/aromatic N) is 4. The Kier molecular flexibility index (Phi) is 7.74. The molecular weight excluding hydrogens is 593 g/mol. The molecular formula is C30H29BrFN5O4. The second kappa shape index (κ2) is 11.6. The first-order valence-corrected chi connectivity index (χ1v) is 14.2. The number of rotatable bonds is 8. The van der Waals surface area contributed by atoms with Crippen LogP contribution in [0.4, 0.5) is 4.39 Å². The van der Waals surface area contributed by atoms with Gasteiger partial charge in [-0.05, 0) is 67.8 Å². The third kappa shape index (κ3) is 5.32. The van der Waals surface area contributed by atoms with Crippen LogP contribution < -0.4 is 10.1 Å². The molecule has 6 rings (SSSR count). The van der Waals surface area contributed by atoms with Crippen molar-refractivity contribution in [1.82, 2.24) is 24.6 Å². The number of aryl methyl sites for hydroxylation is 1. The maximum atomic E-state index is 14.8. The number of halogens is 2. The summed E-state index contributed by atoms with van der Waals surface area (Å²) in [5, 5.41) is 8.33. The molecule has 1 fully saturated rings. The molecule has 1 aliphatic rings. The fraction of sp³-hybridized carbons (Fsp3) is 0.300. The minimum atomic E-state index is -0.907. The van der Waals surface area contributed by atoms with Crippen molar-refractivity contribution >= 4 is 43.8 Å². The predicted molar refractivity (Wildman–Crippen MR) is 155 cm³/mol. The van der Waals surface area contributed by atoms with E-state index < -0.39 is 17.8 Å². The summed E-state index contributed by atoms with van der Waals surface area (Å²) in [5.41, 5.74) is 3.02. The molecule has 1 amide bonds. The second-order valence-electron chi connectivity index (χ2n) is 9.92. The van der Waals surface area contributed by atoms with Crippen LogP contribution in [-0.4, -0.2) is 45.7 Å². The summed E-state index contributed by atoms with van der Waals surface area (Å²) >= 11 is 3.49. The number of fused-ring (bicyclic) bond motifs is 2. The molecule has 41 heavy (non-hydrogen) atoms. The Morgan fingerprint density at radius 1 is 1.17 bits per heavy atom. The SMILES string of the molecule is COCOc1ccc(F)cc1C(NC(=O)c1nn(C)c2cc(Br)ccc12)c1nc2ccccc2n1C1CCCCO1. The van der Waals surface area contributed by atoms with Gasteiger partial charge in [-0.2, -0.15) is 5.10 Å². The third-order valence-corrected chi connectivity index (χ3v) is 7.74. The molecule has 1 saturated heterocycles. The van der Waals surface area contributed by atoms with Crippen LogP contribution in [0, 0.1) is 5.82 Å². The number of carbonyl (C=O) groups excluding carboxylic acids is 1. The van der Waals surface area contributed by atoms with Crippen molar-refractivity contribution in [3.63, 3.8) is 0 Å². The van der Waals surface area contributed by atoms with Crippen LogP contribution in [0.2, 0.25) is 0 Å². The monoisotopic (exact) mass is 621 g/mol. The van der Waals surface area contributed by atoms with Crippen molar-refractivity contribution in [1.29, 1.82) is 0 Å². The van der Waals surface area contributed by atoms with Crippen molar-refractivity contribution < 1.29 is 23.4 Å². The summed E-state index contributed by atoms with van der Waals surface area (Å²) in [5.74, 6) is -0.0550. The van der Waals surface area contributed by atoms with E-state index in [0.29, 0.717) is 29.1 Å². The highest BCUT2D eigenvalue weighted by Gasteiger charge is 2.32. The number of ether oxygens (including phenoxy) is 3. The number of imidazole rings is 1. The van der Waals surface area contributed by atoms with Crippen LogP contribution in [0.3, 0.4) is 0 Å². The number of benzene rings is 3. The Morgan fingerprint density at radius 2 is 2.02 bits per heavy atom. The number of methoxy groups -OCH3 is 1. The molecule has 9 nitrogen and oxygen atoms in total. The van der Waals surface area contributed by atoms with Gasteiger partial charge in [-0.25, -0.2) is 9.37 Å². The topological polar surface area (TPSA) is 92.4 Å². The standard InChI is InChI=1S/C30H29BrFN5O4/c1-36-24-15-18(31)10-12-20(24)28(35-36)30(38)34-27(21-16-19(32)11-13-25(21)41-17-39-2)29-33-22-7-3-4-8-23(22)37(29)26-9-5-6-14-40-26/h3-4,7-8,10-13,15-16,26-27H,5-6,9,14,17H2,1-2H3,(H,34,38). The van der Waals surface area contributed by atoms with Crippen LogP contribution in [0.15, 0.2) is 65.1 Å². The molecule has 2 unspecified atom stereocenters. The summed E-state index contributed by atoms with van der Waals surface area (Å²) in [6.45, 7) is 0.562. The summed E-state index contributed by atoms with van der Waals surface area (Å²) in [6, 6.07) is 16.6. The Hall–Kier alpha value is -3.80. The van der Waals surface area contributed by atoms with Crippen LogP contribution in [0.5, 0.6) is 5.75 Å². The average Bonchev–Trinajstić information content (AvgIpc) is 3.53. The average molecular weight is 622 g/mol. The van der Waals surface area contributed by atoms with E-state index >= 15 is 0 Å². The van der Waals surface area contributed by atoms with Gasteiger partial charge < -0.3 is 19.5 Å². The summed E-state index contributed by atoms with van der Waals surface area (Å²) in [7, 11) is 3.29. The smallest absolute Gasteiger partial charge is 0.273 e. The van der Waals surface area contributed by atoms with Crippen LogP contribution >= 0.6 is 15.9 Å². The van der Waals surface area contributed by atoms with E-state index in [1.54, 1.807) is 11.7 Å². The van der Waals surface area contributed by atoms with Gasteiger partial charge >= 0.3 is 0 Å². The first-order valence-electron chi connectivity index (χ1n) is 13.4. The largest absolute Gasteiger partial charge is 0.467 e. The zero-order valence-corrected chi connectivity index (χ0v) is 24.2. The van der Waals surface area contributed by atoms with Crippen molar-refractivity contribution in [2.75, 3.05) is 20.5 Å². The lowest BCUT2D eigenvalue weighted by atomic mass is 10.0. The number of nitrogens with one attached hydrogen (secondary N) is 1. The molecule has 11 heteroatoms. The van der Waals surface area contributed by atoms with Gasteiger partial charge in [-0.1, -0.05) is 28.1 Å². The Morgan fingerprint density at radius 3 is 2.83 bits per heavy atom. The van der Waals surface area contributed by atoms with E-state index in [0.717, 1.165) is 40.3 Å². The molecule has 0 spiro atoms. The molecule has 1 aliphatic heterocycles. The molecule has 212 valence electrons. The van der Waals surface area contributed by atoms with Crippen molar-refractivity contribution in [3.8, 4) is 5.75 Å². The molecule has 0 radical (unpaired) electrons. The zero-order chi connectivity index (χ0) is 28.5. The number of para-hydroxylation sites is 2. The van der Waals surface area contributed by atoms with Gasteiger partial charge in [0, 0.05) is 36.2 Å². The van der Waals surface area contributed by atoms with Gasteiger partial charge in [0.25, 0.3) is 5.91 Å². The number of hydrogen-bond acceptors (Lipinski definition) is 6. The second-order valence-corrected chi connectivity index (χ2v) is 10.8. The molecule has 1 N–H and O–H groups in total. The molecule has 2 atom stereocenters. The van der Waals surface area contributed by atoms with Crippen LogP contribution in [0.1, 0.15) is 53.4 Å². The van der Waals surface area contributed by atoms with Crippen molar-refractivity contribution in [2.24, 2.45) is 7.05 Å². The lowest BCUT2D eigenvalue weighted by Gasteiger charge is -2.29. The highest BCUT2D eigenvalue weighted by atomic mass is 79.9. The molecule has 5 aromatic rings. The first kappa shape index (κ1) is 27.4. The van der Waals surface area contributed by atoms with Crippen LogP contribution in [0.25, 0.3) is 21.9 Å². The maximum absolute atomic E-state index is 14.8. The quantitative estimate of drug-likeness (QED) is 0.213. The number of hydrogen-bond donors (Lipinski definition) is 1. The Balaban J connectivity index is 1.53. The fourth-order valence-electron chi connectivity index (χ4n) is 5.37. The van der Waals surface area contributed by atoms with Crippen LogP contribution in [-0.2, 0) is 16.5 Å². The lowest BCUT2D eigenvalue weighted by molar-refractivity contribution is -0.0315. The molecule has 0 bridgehead atoms. The molecule has 0 saturated carbocycles. The predicted octanol–water partition coefficient (Wildman–Crippen LogP) is 6.03. The van der Waals surface area contributed by atoms with E-state index in [4.69, 9.17) is 19.2 Å². The van der Waals surface area contributed by atoms with E-state index in [9.17, 15) is 9.18 Å². The molecule has 3 heterocycles. The lowest BCUT2D eigenvalue weighted by Crippen LogP contribution is -2.33. The van der Waals surface area contributed by atoms with Gasteiger partial charge in [-0.15, -0.1) is 0 Å². The van der Waals surface area contributed by atoms with Crippen molar-refractivity contribution in [2.45, 2.75) is 31.5 Å². The molecule has 2 aromatic heterocycles. The highest BCUT2D eigenvalue weighted by molar-refractivity contribution is 9.10. The van der Waals surface area contributed by atoms with Crippen molar-refractivity contribution in [3.05, 3.63) is 88.0 Å². The summed E-state index contributed by atoms with van der Waals surface area (Å²) in [4.78, 5) is 19.0. The third-order valence-electron chi connectivity index (χ3n) is 7.24. The molecule has 3 aromatic carbocycles. The first-order chi connectivity index (χ1) is 19.9. The van der Waals surface area contributed by atoms with E-state index in [1.807, 2.05) is 47.0 Å². The Labute approximate surface area is 244 Å². The normalized spacial score (nSPS) is 16.2. The van der Waals surface area contributed by atoms with Gasteiger partial charge in [0.15, 0.2) is 12.5 Å². The number of amides is 1. The van der Waals surface area contributed by atoms with E-state index in [1.165, 1.54) is 25.3 Å². The summed E-state index contributed by atoms with van der Waals surface area (Å²) in [6.07, 6.45) is 2.45. The number of carbonyl (C=O) groups is 1. The maximum Gasteiger partial charge on any atom is 0.273 e. The van der Waals surface area contributed by atoms with Gasteiger partial charge in [0.1, 0.15) is 29.7 Å². The number of aromatic nitrogens is 4. The van der Waals surface area contributed by atoms with Gasteiger partial charge in [0.05, 0.1) is 16.6 Å². The highest BCUT2D eigenvalue weighted by Crippen LogP contribution is 2.37. The minimum Gasteiger partial charge on any atom is -0.467 e. The molecule has 0 aliphatic carbocycles. The Bertz CT molecular complexity index is 1730. The van der Waals surface area contributed by atoms with Gasteiger partial charge in [-0.3, -0.25) is 14.0 Å². The van der Waals surface area contributed by atoms with E-state index in [2.05, 4.69) is 26.3 Å². The zero-order valence-electron chi connectivity index (χ0n) is 22.6. The minimum absolute atomic E-state index is 0.0544. The fourth-order valence-corrected chi connectivity index (χ4v) is 5.72. The van der Waals surface area contributed by atoms with Gasteiger partial charge in [0.2, 0.25) is 0 Å². The summed E-state index contributed by atoms with van der Waals surface area (Å²) < 4.78 is 36.6.